The molecule has 0 saturated heterocycles. The predicted molar refractivity (Wildman–Crippen MR) is 104 cm³/mol. The van der Waals surface area contributed by atoms with Gasteiger partial charge < -0.3 is 10.6 Å². The van der Waals surface area contributed by atoms with Crippen molar-refractivity contribution in [2.24, 2.45) is 5.92 Å². The summed E-state index contributed by atoms with van der Waals surface area (Å²) in [6.07, 6.45) is 5.44. The van der Waals surface area contributed by atoms with Crippen molar-refractivity contribution < 1.29 is 9.59 Å². The van der Waals surface area contributed by atoms with Crippen LogP contribution in [-0.4, -0.2) is 11.8 Å². The van der Waals surface area contributed by atoms with Crippen molar-refractivity contribution in [3.63, 3.8) is 0 Å². The van der Waals surface area contributed by atoms with E-state index in [1.54, 1.807) is 12.1 Å². The highest BCUT2D eigenvalue weighted by Crippen LogP contribution is 2.28. The SMILES string of the molecule is CCCCc1ccc(NC(=O)c2ccc(CNC(=O)C3CC3)cc2)cc1. The van der Waals surface area contributed by atoms with Crippen LogP contribution >= 0.6 is 0 Å². The smallest absolute Gasteiger partial charge is 0.255 e. The van der Waals surface area contributed by atoms with Gasteiger partial charge in [-0.15, -0.1) is 0 Å². The Kier molecular flexibility index (Phi) is 6.05. The zero-order valence-electron chi connectivity index (χ0n) is 15.3. The summed E-state index contributed by atoms with van der Waals surface area (Å²) < 4.78 is 0. The van der Waals surface area contributed by atoms with Gasteiger partial charge in [-0.3, -0.25) is 9.59 Å². The molecule has 0 heterocycles. The molecule has 0 spiro atoms. The molecule has 1 fully saturated rings. The zero-order valence-corrected chi connectivity index (χ0v) is 15.3. The van der Waals surface area contributed by atoms with Crippen molar-refractivity contribution in [3.8, 4) is 0 Å². The first-order valence-corrected chi connectivity index (χ1v) is 9.42. The van der Waals surface area contributed by atoms with Gasteiger partial charge in [0.05, 0.1) is 0 Å². The molecule has 1 aliphatic carbocycles. The number of rotatable bonds is 8. The van der Waals surface area contributed by atoms with Crippen LogP contribution in [0.5, 0.6) is 0 Å². The molecule has 4 heteroatoms. The maximum atomic E-state index is 12.4. The molecule has 0 unspecified atom stereocenters. The average Bonchev–Trinajstić information content (AvgIpc) is 3.51. The summed E-state index contributed by atoms with van der Waals surface area (Å²) >= 11 is 0. The van der Waals surface area contributed by atoms with Gasteiger partial charge in [0, 0.05) is 23.7 Å². The number of carbonyl (C=O) groups is 2. The molecular weight excluding hydrogens is 324 g/mol. The Balaban J connectivity index is 1.51. The summed E-state index contributed by atoms with van der Waals surface area (Å²) in [5.41, 5.74) is 3.70. The minimum absolute atomic E-state index is 0.125. The Morgan fingerprint density at radius 2 is 1.62 bits per heavy atom. The number of hydrogen-bond acceptors (Lipinski definition) is 2. The Hall–Kier alpha value is -2.62. The average molecular weight is 350 g/mol. The van der Waals surface area contributed by atoms with Crippen molar-refractivity contribution in [2.75, 3.05) is 5.32 Å². The van der Waals surface area contributed by atoms with Crippen molar-refractivity contribution >= 4 is 17.5 Å². The third kappa shape index (κ3) is 5.19. The summed E-state index contributed by atoms with van der Waals surface area (Å²) in [5.74, 6) is 0.225. The lowest BCUT2D eigenvalue weighted by Crippen LogP contribution is -2.24. The van der Waals surface area contributed by atoms with E-state index in [4.69, 9.17) is 0 Å². The van der Waals surface area contributed by atoms with E-state index in [-0.39, 0.29) is 17.7 Å². The second-order valence-electron chi connectivity index (χ2n) is 6.94. The minimum Gasteiger partial charge on any atom is -0.352 e. The quantitative estimate of drug-likeness (QED) is 0.745. The van der Waals surface area contributed by atoms with Crippen molar-refractivity contribution in [2.45, 2.75) is 45.6 Å². The van der Waals surface area contributed by atoms with Crippen LogP contribution in [0.25, 0.3) is 0 Å². The van der Waals surface area contributed by atoms with Crippen LogP contribution in [0.15, 0.2) is 48.5 Å². The van der Waals surface area contributed by atoms with Gasteiger partial charge in [-0.1, -0.05) is 37.6 Å². The second-order valence-corrected chi connectivity index (χ2v) is 6.94. The van der Waals surface area contributed by atoms with Gasteiger partial charge in [0.2, 0.25) is 5.91 Å². The van der Waals surface area contributed by atoms with Crippen molar-refractivity contribution in [1.82, 2.24) is 5.32 Å². The third-order valence-electron chi connectivity index (χ3n) is 4.66. The Bertz CT molecular complexity index is 747. The van der Waals surface area contributed by atoms with Crippen LogP contribution in [0.3, 0.4) is 0 Å². The molecule has 4 nitrogen and oxygen atoms in total. The lowest BCUT2D eigenvalue weighted by Gasteiger charge is -2.08. The number of benzene rings is 2. The van der Waals surface area contributed by atoms with Gasteiger partial charge in [0.1, 0.15) is 0 Å². The van der Waals surface area contributed by atoms with Gasteiger partial charge in [0.25, 0.3) is 5.91 Å². The van der Waals surface area contributed by atoms with E-state index in [1.165, 1.54) is 18.4 Å². The van der Waals surface area contributed by atoms with Crippen LogP contribution < -0.4 is 10.6 Å². The van der Waals surface area contributed by atoms with Crippen LogP contribution in [-0.2, 0) is 17.8 Å². The van der Waals surface area contributed by atoms with Crippen LogP contribution in [0.4, 0.5) is 5.69 Å². The van der Waals surface area contributed by atoms with E-state index < -0.39 is 0 Å². The largest absolute Gasteiger partial charge is 0.352 e. The van der Waals surface area contributed by atoms with Gasteiger partial charge in [-0.25, -0.2) is 0 Å². The molecule has 26 heavy (non-hydrogen) atoms. The second kappa shape index (κ2) is 8.65. The summed E-state index contributed by atoms with van der Waals surface area (Å²) in [6.45, 7) is 2.69. The van der Waals surface area contributed by atoms with Crippen LogP contribution in [0.1, 0.15) is 54.1 Å². The number of aryl methyl sites for hydroxylation is 1. The van der Waals surface area contributed by atoms with Crippen LogP contribution in [0.2, 0.25) is 0 Å². The number of unbranched alkanes of at least 4 members (excludes halogenated alkanes) is 1. The lowest BCUT2D eigenvalue weighted by molar-refractivity contribution is -0.122. The van der Waals surface area contributed by atoms with E-state index in [9.17, 15) is 9.59 Å². The van der Waals surface area contributed by atoms with E-state index in [0.29, 0.717) is 12.1 Å². The molecule has 2 aromatic carbocycles. The van der Waals surface area contributed by atoms with E-state index in [1.807, 2.05) is 24.3 Å². The fourth-order valence-electron chi connectivity index (χ4n) is 2.79. The molecule has 0 aromatic heterocycles. The summed E-state index contributed by atoms with van der Waals surface area (Å²) in [5, 5.41) is 5.86. The highest BCUT2D eigenvalue weighted by Gasteiger charge is 2.29. The van der Waals surface area contributed by atoms with E-state index in [2.05, 4.69) is 29.7 Å². The fraction of sp³-hybridized carbons (Fsp3) is 0.364. The molecular formula is C22H26N2O2. The molecule has 2 N–H and O–H groups in total. The topological polar surface area (TPSA) is 58.2 Å². The summed E-state index contributed by atoms with van der Waals surface area (Å²) in [7, 11) is 0. The number of anilines is 1. The molecule has 0 atom stereocenters. The molecule has 1 saturated carbocycles. The molecule has 0 aliphatic heterocycles. The highest BCUT2D eigenvalue weighted by molar-refractivity contribution is 6.04. The standard InChI is InChI=1S/C22H26N2O2/c1-2-3-4-16-7-13-20(14-8-16)24-22(26)19-9-5-17(6-10-19)15-23-21(25)18-11-12-18/h5-10,13-14,18H,2-4,11-12,15H2,1H3,(H,23,25)(H,24,26). The Morgan fingerprint density at radius 3 is 2.23 bits per heavy atom. The molecule has 0 bridgehead atoms. The van der Waals surface area contributed by atoms with E-state index >= 15 is 0 Å². The molecule has 1 aliphatic rings. The first-order valence-electron chi connectivity index (χ1n) is 9.42. The molecule has 2 aromatic rings. The highest BCUT2D eigenvalue weighted by atomic mass is 16.2. The first kappa shape index (κ1) is 18.2. The van der Waals surface area contributed by atoms with E-state index in [0.717, 1.165) is 30.5 Å². The van der Waals surface area contributed by atoms with Crippen molar-refractivity contribution in [1.29, 1.82) is 0 Å². The molecule has 2 amide bonds. The third-order valence-corrected chi connectivity index (χ3v) is 4.66. The lowest BCUT2D eigenvalue weighted by atomic mass is 10.1. The zero-order chi connectivity index (χ0) is 18.4. The van der Waals surface area contributed by atoms with Gasteiger partial charge in [0.15, 0.2) is 0 Å². The number of amides is 2. The maximum Gasteiger partial charge on any atom is 0.255 e. The Labute approximate surface area is 155 Å². The number of hydrogen-bond donors (Lipinski definition) is 2. The first-order chi connectivity index (χ1) is 12.7. The molecule has 3 rings (SSSR count). The van der Waals surface area contributed by atoms with Crippen molar-refractivity contribution in [3.05, 3.63) is 65.2 Å². The Morgan fingerprint density at radius 1 is 0.962 bits per heavy atom. The molecule has 136 valence electrons. The van der Waals surface area contributed by atoms with Gasteiger partial charge in [-0.2, -0.15) is 0 Å². The molecule has 0 radical (unpaired) electrons. The summed E-state index contributed by atoms with van der Waals surface area (Å²) in [4.78, 5) is 24.0. The number of nitrogens with one attached hydrogen (secondary N) is 2. The normalized spacial score (nSPS) is 13.3. The van der Waals surface area contributed by atoms with Gasteiger partial charge >= 0.3 is 0 Å². The van der Waals surface area contributed by atoms with Gasteiger partial charge in [-0.05, 0) is 61.1 Å². The maximum absolute atomic E-state index is 12.4. The predicted octanol–water partition coefficient (Wildman–Crippen LogP) is 4.31. The number of carbonyl (C=O) groups excluding carboxylic acids is 2. The summed E-state index contributed by atoms with van der Waals surface area (Å²) in [6, 6.07) is 15.4. The monoisotopic (exact) mass is 350 g/mol. The fourth-order valence-corrected chi connectivity index (χ4v) is 2.79. The minimum atomic E-state index is -0.125. The van der Waals surface area contributed by atoms with Crippen LogP contribution in [0, 0.1) is 5.92 Å².